The van der Waals surface area contributed by atoms with Crippen molar-refractivity contribution in [2.75, 3.05) is 13.1 Å². The molecular weight excluding hydrogens is 208 g/mol. The summed E-state index contributed by atoms with van der Waals surface area (Å²) in [6.45, 7) is 6.76. The number of nitrogens with two attached hydrogens (primary N) is 1. The third-order valence-corrected chi connectivity index (χ3v) is 3.12. The van der Waals surface area contributed by atoms with Crippen molar-refractivity contribution in [2.45, 2.75) is 38.8 Å². The molecule has 92 valence electrons. The van der Waals surface area contributed by atoms with Crippen molar-refractivity contribution in [1.29, 1.82) is 0 Å². The van der Waals surface area contributed by atoms with Crippen LogP contribution in [0.4, 0.5) is 0 Å². The van der Waals surface area contributed by atoms with E-state index >= 15 is 0 Å². The van der Waals surface area contributed by atoms with Crippen LogP contribution in [0.3, 0.4) is 0 Å². The third kappa shape index (κ3) is 2.17. The first-order valence-corrected chi connectivity index (χ1v) is 5.50. The highest BCUT2D eigenvalue weighted by molar-refractivity contribution is 5.88. The minimum Gasteiger partial charge on any atom is -0.353 e. The Bertz CT molecular complexity index is 291. The summed E-state index contributed by atoms with van der Waals surface area (Å²) in [4.78, 5) is 25.3. The van der Waals surface area contributed by atoms with Gasteiger partial charge in [-0.2, -0.15) is 0 Å². The Hall–Kier alpha value is -1.14. The Morgan fingerprint density at radius 3 is 2.81 bits per heavy atom. The van der Waals surface area contributed by atoms with Crippen LogP contribution in [0.1, 0.15) is 27.2 Å². The molecule has 0 spiro atoms. The largest absolute Gasteiger partial charge is 0.353 e. The number of nitrogens with one attached hydrogen (secondary N) is 2. The summed E-state index contributed by atoms with van der Waals surface area (Å²) in [6.07, 6.45) is 0.625. The van der Waals surface area contributed by atoms with E-state index in [1.54, 1.807) is 0 Å². The summed E-state index contributed by atoms with van der Waals surface area (Å²) >= 11 is 0. The maximum absolute atomic E-state index is 11.7. The molecule has 1 rings (SSSR count). The van der Waals surface area contributed by atoms with Crippen LogP contribution < -0.4 is 16.6 Å². The van der Waals surface area contributed by atoms with Crippen molar-refractivity contribution >= 4 is 11.8 Å². The molecule has 2 amide bonds. The highest BCUT2D eigenvalue weighted by atomic mass is 16.2. The number of piperazine rings is 1. The lowest BCUT2D eigenvalue weighted by molar-refractivity contribution is -0.142. The lowest BCUT2D eigenvalue weighted by atomic mass is 9.95. The molecule has 0 radical (unpaired) electrons. The first kappa shape index (κ1) is 12.9. The Balaban J connectivity index is 2.91. The Kier molecular flexibility index (Phi) is 3.88. The van der Waals surface area contributed by atoms with Gasteiger partial charge in [-0.15, -0.1) is 0 Å². The smallest absolute Gasteiger partial charge is 0.251 e. The van der Waals surface area contributed by atoms with E-state index in [1.807, 2.05) is 25.7 Å². The molecule has 1 atom stereocenters. The van der Waals surface area contributed by atoms with E-state index in [1.165, 1.54) is 0 Å². The molecule has 1 fully saturated rings. The Labute approximate surface area is 95.5 Å². The van der Waals surface area contributed by atoms with Crippen LogP contribution in [0.25, 0.3) is 0 Å². The lowest BCUT2D eigenvalue weighted by Crippen LogP contribution is -2.67. The molecule has 16 heavy (non-hydrogen) atoms. The standard InChI is InChI=1S/C10H20N4O2/c1-4-7(8(15)13-11)14-6-5-12-9(16)10(14,2)3/h7H,4-6,11H2,1-3H3,(H,12,16)(H,13,15). The van der Waals surface area contributed by atoms with Crippen LogP contribution in [0, 0.1) is 0 Å². The van der Waals surface area contributed by atoms with E-state index in [0.717, 1.165) is 0 Å². The molecule has 0 saturated carbocycles. The molecule has 6 heteroatoms. The number of hydrogen-bond acceptors (Lipinski definition) is 4. The van der Waals surface area contributed by atoms with Crippen molar-refractivity contribution < 1.29 is 9.59 Å². The monoisotopic (exact) mass is 228 g/mol. The normalized spacial score (nSPS) is 22.4. The second-order valence-corrected chi connectivity index (χ2v) is 4.44. The van der Waals surface area contributed by atoms with Crippen LogP contribution in [0.15, 0.2) is 0 Å². The van der Waals surface area contributed by atoms with E-state index in [0.29, 0.717) is 19.5 Å². The zero-order valence-corrected chi connectivity index (χ0v) is 10.0. The number of carbonyl (C=O) groups is 2. The molecule has 0 bridgehead atoms. The zero-order valence-electron chi connectivity index (χ0n) is 10.0. The first-order valence-electron chi connectivity index (χ1n) is 5.50. The van der Waals surface area contributed by atoms with Crippen molar-refractivity contribution in [1.82, 2.24) is 15.6 Å². The summed E-state index contributed by atoms with van der Waals surface area (Å²) < 4.78 is 0. The van der Waals surface area contributed by atoms with Crippen LogP contribution in [-0.2, 0) is 9.59 Å². The van der Waals surface area contributed by atoms with Crippen LogP contribution in [0.2, 0.25) is 0 Å². The van der Waals surface area contributed by atoms with Gasteiger partial charge in [-0.1, -0.05) is 6.92 Å². The zero-order chi connectivity index (χ0) is 12.3. The van der Waals surface area contributed by atoms with Gasteiger partial charge in [0, 0.05) is 13.1 Å². The van der Waals surface area contributed by atoms with Gasteiger partial charge in [-0.25, -0.2) is 5.84 Å². The van der Waals surface area contributed by atoms with Gasteiger partial charge in [-0.05, 0) is 20.3 Å². The van der Waals surface area contributed by atoms with Gasteiger partial charge in [0.15, 0.2) is 0 Å². The molecule has 6 nitrogen and oxygen atoms in total. The molecule has 0 aliphatic carbocycles. The quantitative estimate of drug-likeness (QED) is 0.327. The van der Waals surface area contributed by atoms with E-state index < -0.39 is 5.54 Å². The molecule has 0 aromatic heterocycles. The average Bonchev–Trinajstić information content (AvgIpc) is 2.25. The van der Waals surface area contributed by atoms with E-state index in [4.69, 9.17) is 5.84 Å². The highest BCUT2D eigenvalue weighted by Crippen LogP contribution is 2.22. The van der Waals surface area contributed by atoms with E-state index in [9.17, 15) is 9.59 Å². The predicted molar refractivity (Wildman–Crippen MR) is 60.2 cm³/mol. The topological polar surface area (TPSA) is 87.5 Å². The fraction of sp³-hybridized carbons (Fsp3) is 0.800. The minimum atomic E-state index is -0.675. The van der Waals surface area contributed by atoms with E-state index in [2.05, 4.69) is 10.7 Å². The maximum Gasteiger partial charge on any atom is 0.251 e. The van der Waals surface area contributed by atoms with Gasteiger partial charge in [0.1, 0.15) is 0 Å². The summed E-state index contributed by atoms with van der Waals surface area (Å²) in [5.74, 6) is 4.85. The number of carbonyl (C=O) groups excluding carboxylic acids is 2. The van der Waals surface area contributed by atoms with Crippen LogP contribution in [0.5, 0.6) is 0 Å². The number of rotatable bonds is 3. The molecule has 1 aliphatic rings. The van der Waals surface area contributed by atoms with Crippen molar-refractivity contribution in [3.63, 3.8) is 0 Å². The number of nitrogens with zero attached hydrogens (tertiary/aromatic N) is 1. The second kappa shape index (κ2) is 4.80. The summed E-state index contributed by atoms with van der Waals surface area (Å²) in [5.41, 5.74) is 1.48. The van der Waals surface area contributed by atoms with Crippen LogP contribution in [-0.4, -0.2) is 41.4 Å². The maximum atomic E-state index is 11.7. The molecule has 1 saturated heterocycles. The SMILES string of the molecule is CCC(C(=O)NN)N1CCNC(=O)C1(C)C. The van der Waals surface area contributed by atoms with E-state index in [-0.39, 0.29) is 17.9 Å². The average molecular weight is 228 g/mol. The predicted octanol–water partition coefficient (Wildman–Crippen LogP) is -1.03. The molecule has 1 unspecified atom stereocenters. The third-order valence-electron chi connectivity index (χ3n) is 3.12. The number of hydrazine groups is 1. The van der Waals surface area contributed by atoms with Gasteiger partial charge >= 0.3 is 0 Å². The second-order valence-electron chi connectivity index (χ2n) is 4.44. The van der Waals surface area contributed by atoms with Gasteiger partial charge in [-0.3, -0.25) is 19.9 Å². The minimum absolute atomic E-state index is 0.0537. The summed E-state index contributed by atoms with van der Waals surface area (Å²) in [6, 6.07) is -0.356. The van der Waals surface area contributed by atoms with Crippen molar-refractivity contribution in [3.05, 3.63) is 0 Å². The van der Waals surface area contributed by atoms with Crippen LogP contribution >= 0.6 is 0 Å². The van der Waals surface area contributed by atoms with Gasteiger partial charge < -0.3 is 5.32 Å². The van der Waals surface area contributed by atoms with Gasteiger partial charge in [0.05, 0.1) is 11.6 Å². The molecule has 1 aliphatic heterocycles. The Morgan fingerprint density at radius 1 is 1.69 bits per heavy atom. The van der Waals surface area contributed by atoms with Crippen molar-refractivity contribution in [3.8, 4) is 0 Å². The molecule has 0 aromatic rings. The molecule has 4 N–H and O–H groups in total. The molecular formula is C10H20N4O2. The van der Waals surface area contributed by atoms with Crippen molar-refractivity contribution in [2.24, 2.45) is 5.84 Å². The number of amides is 2. The molecule has 1 heterocycles. The lowest BCUT2D eigenvalue weighted by Gasteiger charge is -2.44. The van der Waals surface area contributed by atoms with Gasteiger partial charge in [0.2, 0.25) is 5.91 Å². The summed E-state index contributed by atoms with van der Waals surface area (Å²) in [5, 5.41) is 2.79. The number of hydrogen-bond donors (Lipinski definition) is 3. The Morgan fingerprint density at radius 2 is 2.31 bits per heavy atom. The first-order chi connectivity index (χ1) is 7.45. The summed E-state index contributed by atoms with van der Waals surface area (Å²) in [7, 11) is 0. The fourth-order valence-electron chi connectivity index (χ4n) is 2.11. The highest BCUT2D eigenvalue weighted by Gasteiger charge is 2.42. The fourth-order valence-corrected chi connectivity index (χ4v) is 2.11. The van der Waals surface area contributed by atoms with Gasteiger partial charge in [0.25, 0.3) is 5.91 Å². The molecule has 0 aromatic carbocycles.